The molecule has 1 atom stereocenters. The predicted molar refractivity (Wildman–Crippen MR) is 165 cm³/mol. The largest absolute Gasteiger partial charge is 0.480 e. The van der Waals surface area contributed by atoms with Gasteiger partial charge in [0.2, 0.25) is 11.9 Å². The number of hydrogen-bond donors (Lipinski definition) is 3. The second-order valence-electron chi connectivity index (χ2n) is 10.1. The number of carboxylic acid groups (broad SMARTS) is 1. The third kappa shape index (κ3) is 12.6. The van der Waals surface area contributed by atoms with Crippen molar-refractivity contribution in [1.82, 2.24) is 19.8 Å². The normalized spacial score (nSPS) is 12.0. The van der Waals surface area contributed by atoms with Crippen molar-refractivity contribution in [3.05, 3.63) is 65.8 Å². The molecule has 0 bridgehead atoms. The Labute approximate surface area is 252 Å². The van der Waals surface area contributed by atoms with E-state index in [9.17, 15) is 18.8 Å². The van der Waals surface area contributed by atoms with Crippen molar-refractivity contribution in [2.24, 2.45) is 5.73 Å². The van der Waals surface area contributed by atoms with Crippen LogP contribution < -0.4 is 11.1 Å². The molecule has 2 amide bonds. The zero-order valence-electron chi connectivity index (χ0n) is 24.7. The Hall–Kier alpha value is -3.51. The monoisotopic (exact) mass is 602 g/mol. The average molecular weight is 603 g/mol. The summed E-state index contributed by atoms with van der Waals surface area (Å²) >= 11 is 1.42. The Morgan fingerprint density at radius 2 is 1.81 bits per heavy atom. The first-order valence-corrected chi connectivity index (χ1v) is 15.3. The van der Waals surface area contributed by atoms with E-state index in [1.165, 1.54) is 36.0 Å². The molecule has 2 rings (SSSR count). The highest BCUT2D eigenvalue weighted by Gasteiger charge is 2.19. The number of nitrogens with one attached hydrogen (secondary N) is 1. The smallest absolute Gasteiger partial charge is 0.321 e. The highest BCUT2D eigenvalue weighted by atomic mass is 32.2. The van der Waals surface area contributed by atoms with Gasteiger partial charge in [0.15, 0.2) is 0 Å². The standard InChI is InChI=1S/C30H43FN6O4S/c1-22(2)37(28(39)23-11-13-24(31)14-12-23)18-7-5-4-6-10-27(38)36(20-25-15-16-34-30(33-3)35-25)17-8-9-19-42-21-26(32)29(40)41/h8-9,11-16,22,26H,4-7,10,17-21,32H2,1-3H3,(H,40,41)(H,33,34,35)/b9-8+/t26-/m1/s1. The summed E-state index contributed by atoms with van der Waals surface area (Å²) < 4.78 is 13.2. The van der Waals surface area contributed by atoms with Crippen LogP contribution in [-0.4, -0.2) is 86.4 Å². The lowest BCUT2D eigenvalue weighted by molar-refractivity contribution is -0.138. The highest BCUT2D eigenvalue weighted by molar-refractivity contribution is 7.99. The van der Waals surface area contributed by atoms with Gasteiger partial charge in [0.25, 0.3) is 5.91 Å². The van der Waals surface area contributed by atoms with Gasteiger partial charge in [-0.3, -0.25) is 14.4 Å². The topological polar surface area (TPSA) is 142 Å². The number of anilines is 1. The summed E-state index contributed by atoms with van der Waals surface area (Å²) in [5.41, 5.74) is 6.72. The Morgan fingerprint density at radius 3 is 2.48 bits per heavy atom. The van der Waals surface area contributed by atoms with E-state index < -0.39 is 12.0 Å². The van der Waals surface area contributed by atoms with Crippen LogP contribution in [0.3, 0.4) is 0 Å². The van der Waals surface area contributed by atoms with Gasteiger partial charge in [-0.15, -0.1) is 0 Å². The molecule has 42 heavy (non-hydrogen) atoms. The zero-order valence-corrected chi connectivity index (χ0v) is 25.5. The molecule has 0 aliphatic rings. The van der Waals surface area contributed by atoms with Crippen molar-refractivity contribution >= 4 is 35.5 Å². The Bertz CT molecular complexity index is 1160. The fourth-order valence-corrected chi connectivity index (χ4v) is 4.89. The van der Waals surface area contributed by atoms with Crippen LogP contribution in [0.5, 0.6) is 0 Å². The molecule has 0 aliphatic carbocycles. The van der Waals surface area contributed by atoms with E-state index in [4.69, 9.17) is 10.8 Å². The van der Waals surface area contributed by atoms with E-state index in [0.717, 1.165) is 31.4 Å². The molecule has 12 heteroatoms. The number of carboxylic acids is 1. The Morgan fingerprint density at radius 1 is 1.10 bits per heavy atom. The van der Waals surface area contributed by atoms with E-state index in [2.05, 4.69) is 15.3 Å². The number of rotatable bonds is 19. The fraction of sp³-hybridized carbons (Fsp3) is 0.500. The maximum Gasteiger partial charge on any atom is 0.321 e. The van der Waals surface area contributed by atoms with Gasteiger partial charge in [-0.25, -0.2) is 14.4 Å². The minimum absolute atomic E-state index is 0.0140. The molecule has 0 fully saturated rings. The lowest BCUT2D eigenvalue weighted by Gasteiger charge is -2.27. The predicted octanol–water partition coefficient (Wildman–Crippen LogP) is 4.19. The number of thioether (sulfide) groups is 1. The Kier molecular flexibility index (Phi) is 15.6. The number of nitrogens with two attached hydrogens (primary N) is 1. The zero-order chi connectivity index (χ0) is 30.9. The van der Waals surface area contributed by atoms with Crippen LogP contribution in [0.2, 0.25) is 0 Å². The minimum atomic E-state index is -1.02. The SMILES string of the molecule is CNc1nccc(CN(C/C=C/CSC[C@@H](N)C(=O)O)C(=O)CCCCCCN(C(=O)c2ccc(F)cc2)C(C)C)n1. The molecule has 0 aliphatic heterocycles. The van der Waals surface area contributed by atoms with Crippen molar-refractivity contribution in [2.75, 3.05) is 37.0 Å². The summed E-state index contributed by atoms with van der Waals surface area (Å²) in [5, 5.41) is 11.8. The summed E-state index contributed by atoms with van der Waals surface area (Å²) in [7, 11) is 1.73. The number of benzene rings is 1. The van der Waals surface area contributed by atoms with Gasteiger partial charge in [0, 0.05) is 55.9 Å². The fourth-order valence-electron chi connectivity index (χ4n) is 4.08. The molecule has 0 radical (unpaired) electrons. The number of aromatic nitrogens is 2. The van der Waals surface area contributed by atoms with E-state index >= 15 is 0 Å². The van der Waals surface area contributed by atoms with Crippen LogP contribution in [0, 0.1) is 5.82 Å². The maximum absolute atomic E-state index is 13.2. The number of halogens is 1. The van der Waals surface area contributed by atoms with Gasteiger partial charge in [0.1, 0.15) is 11.9 Å². The van der Waals surface area contributed by atoms with E-state index in [0.29, 0.717) is 49.1 Å². The number of hydrogen-bond acceptors (Lipinski definition) is 8. The summed E-state index contributed by atoms with van der Waals surface area (Å²) in [4.78, 5) is 49.0. The molecule has 0 spiro atoms. The molecule has 1 aromatic heterocycles. The van der Waals surface area contributed by atoms with Crippen molar-refractivity contribution < 1.29 is 23.9 Å². The minimum Gasteiger partial charge on any atom is -0.480 e. The van der Waals surface area contributed by atoms with Gasteiger partial charge in [-0.05, 0) is 57.0 Å². The highest BCUT2D eigenvalue weighted by Crippen LogP contribution is 2.14. The third-order valence-electron chi connectivity index (χ3n) is 6.48. The van der Waals surface area contributed by atoms with Crippen LogP contribution in [0.4, 0.5) is 10.3 Å². The van der Waals surface area contributed by atoms with Crippen LogP contribution in [-0.2, 0) is 16.1 Å². The van der Waals surface area contributed by atoms with Gasteiger partial charge in [-0.2, -0.15) is 11.8 Å². The van der Waals surface area contributed by atoms with E-state index in [1.54, 1.807) is 29.1 Å². The summed E-state index contributed by atoms with van der Waals surface area (Å²) in [6.45, 7) is 5.26. The maximum atomic E-state index is 13.2. The van der Waals surface area contributed by atoms with Crippen LogP contribution in [0.15, 0.2) is 48.7 Å². The molecule has 0 unspecified atom stereocenters. The van der Waals surface area contributed by atoms with E-state index in [1.807, 2.05) is 26.0 Å². The number of amides is 2. The Balaban J connectivity index is 1.85. The first-order valence-electron chi connectivity index (χ1n) is 14.2. The molecule has 0 saturated heterocycles. The molecule has 1 heterocycles. The molecule has 4 N–H and O–H groups in total. The first kappa shape index (κ1) is 34.7. The number of carbonyl (C=O) groups excluding carboxylic acids is 2. The van der Waals surface area contributed by atoms with E-state index in [-0.39, 0.29) is 23.7 Å². The van der Waals surface area contributed by atoms with Gasteiger partial charge in [0.05, 0.1) is 12.2 Å². The van der Waals surface area contributed by atoms with Gasteiger partial charge in [-0.1, -0.05) is 25.0 Å². The van der Waals surface area contributed by atoms with Crippen molar-refractivity contribution in [3.8, 4) is 0 Å². The molecule has 230 valence electrons. The quantitative estimate of drug-likeness (QED) is 0.159. The van der Waals surface area contributed by atoms with Crippen molar-refractivity contribution in [3.63, 3.8) is 0 Å². The second-order valence-corrected chi connectivity index (χ2v) is 11.2. The van der Waals surface area contributed by atoms with Crippen molar-refractivity contribution in [2.45, 2.75) is 64.6 Å². The average Bonchev–Trinajstić information content (AvgIpc) is 2.97. The van der Waals surface area contributed by atoms with Gasteiger partial charge >= 0.3 is 5.97 Å². The van der Waals surface area contributed by atoms with Crippen molar-refractivity contribution in [1.29, 1.82) is 0 Å². The molecule has 10 nitrogen and oxygen atoms in total. The molecule has 0 saturated carbocycles. The second kappa shape index (κ2) is 18.8. The van der Waals surface area contributed by atoms with Crippen LogP contribution in [0.25, 0.3) is 0 Å². The first-order chi connectivity index (χ1) is 20.1. The third-order valence-corrected chi connectivity index (χ3v) is 7.50. The van der Waals surface area contributed by atoms with Crippen LogP contribution in [0.1, 0.15) is 62.0 Å². The lowest BCUT2D eigenvalue weighted by Crippen LogP contribution is -2.37. The molecule has 1 aromatic carbocycles. The number of nitrogens with zero attached hydrogens (tertiary/aromatic N) is 4. The number of carbonyl (C=O) groups is 3. The molecular formula is C30H43FN6O4S. The summed E-state index contributed by atoms with van der Waals surface area (Å²) in [5.74, 6) is -0.107. The van der Waals surface area contributed by atoms with Crippen LogP contribution >= 0.6 is 11.8 Å². The molecule has 2 aromatic rings. The number of unbranched alkanes of at least 4 members (excludes halogenated alkanes) is 3. The summed E-state index contributed by atoms with van der Waals surface area (Å²) in [6, 6.07) is 6.50. The lowest BCUT2D eigenvalue weighted by atomic mass is 10.1. The number of aliphatic carboxylic acids is 1. The van der Waals surface area contributed by atoms with Gasteiger partial charge < -0.3 is 26.0 Å². The molecular weight excluding hydrogens is 559 g/mol. The summed E-state index contributed by atoms with van der Waals surface area (Å²) in [6.07, 6.45) is 9.11.